The molecule has 3 aromatic rings. The average molecular weight is 350 g/mol. The molecule has 0 radical (unpaired) electrons. The minimum Gasteiger partial charge on any atom is -0.336 e. The normalized spacial score (nSPS) is 17.6. The number of carbonyl (C=O) groups excluding carboxylic acids is 1. The number of piperidine rings is 1. The minimum absolute atomic E-state index is 0.0538. The molecule has 134 valence electrons. The number of nitrogens with zero attached hydrogens (tertiary/aromatic N) is 5. The van der Waals surface area contributed by atoms with Crippen molar-refractivity contribution in [3.05, 3.63) is 47.9 Å². The molecule has 1 aliphatic rings. The molecule has 1 aliphatic heterocycles. The first-order chi connectivity index (χ1) is 12.7. The van der Waals surface area contributed by atoms with Gasteiger partial charge in [0.1, 0.15) is 0 Å². The van der Waals surface area contributed by atoms with Crippen LogP contribution in [0.15, 0.2) is 36.5 Å². The van der Waals surface area contributed by atoms with Crippen LogP contribution < -0.4 is 5.32 Å². The van der Waals surface area contributed by atoms with E-state index in [0.717, 1.165) is 41.7 Å². The van der Waals surface area contributed by atoms with E-state index in [9.17, 15) is 4.79 Å². The van der Waals surface area contributed by atoms with E-state index in [4.69, 9.17) is 0 Å². The van der Waals surface area contributed by atoms with E-state index in [1.54, 1.807) is 10.9 Å². The van der Waals surface area contributed by atoms with E-state index in [1.165, 1.54) is 0 Å². The quantitative estimate of drug-likeness (QED) is 0.781. The van der Waals surface area contributed by atoms with Crippen LogP contribution in [0.4, 0.5) is 0 Å². The Morgan fingerprint density at radius 1 is 1.27 bits per heavy atom. The highest BCUT2D eigenvalue weighted by molar-refractivity contribution is 5.94. The number of amides is 1. The first-order valence-electron chi connectivity index (χ1n) is 8.92. The monoisotopic (exact) mass is 350 g/mol. The van der Waals surface area contributed by atoms with E-state index in [0.29, 0.717) is 18.3 Å². The summed E-state index contributed by atoms with van der Waals surface area (Å²) in [5.74, 6) is -0.0538. The second kappa shape index (κ2) is 6.84. The zero-order chi connectivity index (χ0) is 18.1. The maximum absolute atomic E-state index is 13.0. The third-order valence-electron chi connectivity index (χ3n) is 5.05. The number of rotatable bonds is 3. The molecule has 0 saturated carbocycles. The third kappa shape index (κ3) is 2.84. The Morgan fingerprint density at radius 3 is 2.96 bits per heavy atom. The van der Waals surface area contributed by atoms with Crippen molar-refractivity contribution in [2.45, 2.75) is 25.8 Å². The lowest BCUT2D eigenvalue weighted by molar-refractivity contribution is 0.0691. The van der Waals surface area contributed by atoms with Crippen LogP contribution >= 0.6 is 0 Å². The van der Waals surface area contributed by atoms with Crippen molar-refractivity contribution in [1.82, 2.24) is 30.2 Å². The molecular formula is C19H22N6O. The van der Waals surface area contributed by atoms with Crippen LogP contribution in [-0.4, -0.2) is 57.0 Å². The number of likely N-dealkylation sites (N-methyl/N-ethyl adjacent to an activating group) is 1. The van der Waals surface area contributed by atoms with E-state index in [2.05, 4.69) is 20.6 Å². The lowest BCUT2D eigenvalue weighted by Crippen LogP contribution is -2.47. The van der Waals surface area contributed by atoms with Gasteiger partial charge in [-0.15, -0.1) is 5.10 Å². The van der Waals surface area contributed by atoms with Gasteiger partial charge in [0, 0.05) is 30.7 Å². The summed E-state index contributed by atoms with van der Waals surface area (Å²) in [6.45, 7) is 3.35. The molecule has 1 amide bonds. The molecule has 2 aromatic heterocycles. The number of benzene rings is 1. The molecule has 0 bridgehead atoms. The van der Waals surface area contributed by atoms with Crippen LogP contribution in [-0.2, 0) is 0 Å². The van der Waals surface area contributed by atoms with Crippen molar-refractivity contribution in [3.8, 4) is 5.69 Å². The molecule has 1 unspecified atom stereocenters. The highest BCUT2D eigenvalue weighted by Crippen LogP contribution is 2.22. The van der Waals surface area contributed by atoms with Gasteiger partial charge >= 0.3 is 0 Å². The van der Waals surface area contributed by atoms with Gasteiger partial charge in [-0.05, 0) is 38.9 Å². The minimum atomic E-state index is -0.0538. The number of nitrogens with one attached hydrogen (secondary N) is 1. The summed E-state index contributed by atoms with van der Waals surface area (Å²) in [7, 11) is 1.94. The van der Waals surface area contributed by atoms with Gasteiger partial charge in [0.05, 0.1) is 16.9 Å². The topological polar surface area (TPSA) is 75.9 Å². The van der Waals surface area contributed by atoms with Gasteiger partial charge in [-0.2, -0.15) is 0 Å². The van der Waals surface area contributed by atoms with Crippen molar-refractivity contribution in [1.29, 1.82) is 0 Å². The molecule has 4 rings (SSSR count). The summed E-state index contributed by atoms with van der Waals surface area (Å²) in [5, 5.41) is 12.7. The molecule has 3 heterocycles. The lowest BCUT2D eigenvalue weighted by atomic mass is 10.1. The Bertz CT molecular complexity index is 945. The van der Waals surface area contributed by atoms with Gasteiger partial charge in [0.25, 0.3) is 5.91 Å². The van der Waals surface area contributed by atoms with Gasteiger partial charge < -0.3 is 10.2 Å². The molecule has 0 aliphatic carbocycles. The second-order valence-corrected chi connectivity index (χ2v) is 6.67. The van der Waals surface area contributed by atoms with Crippen molar-refractivity contribution < 1.29 is 4.79 Å². The summed E-state index contributed by atoms with van der Waals surface area (Å²) in [4.78, 5) is 19.3. The summed E-state index contributed by atoms with van der Waals surface area (Å²) in [5.41, 5.74) is 2.82. The zero-order valence-electron chi connectivity index (χ0n) is 15.0. The Morgan fingerprint density at radius 2 is 2.12 bits per heavy atom. The van der Waals surface area contributed by atoms with Crippen LogP contribution in [0.5, 0.6) is 0 Å². The van der Waals surface area contributed by atoms with E-state index >= 15 is 0 Å². The fourth-order valence-corrected chi connectivity index (χ4v) is 3.56. The highest BCUT2D eigenvalue weighted by Gasteiger charge is 2.27. The van der Waals surface area contributed by atoms with Crippen LogP contribution in [0, 0.1) is 6.92 Å². The lowest BCUT2D eigenvalue weighted by Gasteiger charge is -2.32. The maximum atomic E-state index is 13.0. The Kier molecular flexibility index (Phi) is 4.38. The van der Waals surface area contributed by atoms with Crippen LogP contribution in [0.3, 0.4) is 0 Å². The Labute approximate surface area is 152 Å². The smallest absolute Gasteiger partial charge is 0.276 e. The number of likely N-dealkylation sites (tertiary alicyclic amines) is 1. The summed E-state index contributed by atoms with van der Waals surface area (Å²) in [6.07, 6.45) is 3.85. The second-order valence-electron chi connectivity index (χ2n) is 6.67. The van der Waals surface area contributed by atoms with Gasteiger partial charge in [0.2, 0.25) is 0 Å². The fourth-order valence-electron chi connectivity index (χ4n) is 3.56. The van der Waals surface area contributed by atoms with Crippen LogP contribution in [0.2, 0.25) is 0 Å². The molecular weight excluding hydrogens is 328 g/mol. The van der Waals surface area contributed by atoms with E-state index in [-0.39, 0.29) is 5.91 Å². The Hall–Kier alpha value is -2.80. The van der Waals surface area contributed by atoms with E-state index < -0.39 is 0 Å². The number of carbonyl (C=O) groups is 1. The van der Waals surface area contributed by atoms with Gasteiger partial charge in [-0.3, -0.25) is 9.78 Å². The van der Waals surface area contributed by atoms with Gasteiger partial charge in [-0.1, -0.05) is 23.4 Å². The van der Waals surface area contributed by atoms with Crippen molar-refractivity contribution in [2.75, 3.05) is 20.1 Å². The number of hydrogen-bond donors (Lipinski definition) is 1. The Balaban J connectivity index is 1.69. The van der Waals surface area contributed by atoms with Crippen LogP contribution in [0.1, 0.15) is 29.0 Å². The molecule has 1 fully saturated rings. The standard InChI is InChI=1S/C19H22N6O/c1-13-17(19(26)24-11-5-8-15(12-24)20-2)22-23-25(13)16-9-3-6-14-7-4-10-21-18(14)16/h3-4,6-7,9-10,15,20H,5,8,11-12H2,1-2H3. The van der Waals surface area contributed by atoms with E-state index in [1.807, 2.05) is 49.2 Å². The summed E-state index contributed by atoms with van der Waals surface area (Å²) >= 11 is 0. The van der Waals surface area contributed by atoms with Crippen LogP contribution in [0.25, 0.3) is 16.6 Å². The number of para-hydroxylation sites is 1. The molecule has 7 heteroatoms. The zero-order valence-corrected chi connectivity index (χ0v) is 15.0. The fraction of sp³-hybridized carbons (Fsp3) is 0.368. The highest BCUT2D eigenvalue weighted by atomic mass is 16.2. The van der Waals surface area contributed by atoms with Crippen molar-refractivity contribution in [2.24, 2.45) is 0 Å². The molecule has 1 atom stereocenters. The number of pyridine rings is 1. The molecule has 1 saturated heterocycles. The van der Waals surface area contributed by atoms with Crippen molar-refractivity contribution in [3.63, 3.8) is 0 Å². The predicted octanol–water partition coefficient (Wildman–Crippen LogP) is 1.95. The molecule has 26 heavy (non-hydrogen) atoms. The molecule has 1 N–H and O–H groups in total. The SMILES string of the molecule is CNC1CCCN(C(=O)c2nnn(-c3cccc4cccnc34)c2C)C1. The summed E-state index contributed by atoms with van der Waals surface area (Å²) < 4.78 is 1.71. The van der Waals surface area contributed by atoms with Gasteiger partial charge in [0.15, 0.2) is 5.69 Å². The van der Waals surface area contributed by atoms with Crippen molar-refractivity contribution >= 4 is 16.8 Å². The largest absolute Gasteiger partial charge is 0.336 e. The number of fused-ring (bicyclic) bond motifs is 1. The van der Waals surface area contributed by atoms with Gasteiger partial charge in [-0.25, -0.2) is 4.68 Å². The number of hydrogen-bond acceptors (Lipinski definition) is 5. The molecule has 0 spiro atoms. The molecule has 7 nitrogen and oxygen atoms in total. The maximum Gasteiger partial charge on any atom is 0.276 e. The first kappa shape index (κ1) is 16.7. The third-order valence-corrected chi connectivity index (χ3v) is 5.05. The molecule has 1 aromatic carbocycles. The first-order valence-corrected chi connectivity index (χ1v) is 8.92. The predicted molar refractivity (Wildman–Crippen MR) is 99.4 cm³/mol. The number of aromatic nitrogens is 4. The summed E-state index contributed by atoms with van der Waals surface area (Å²) in [6, 6.07) is 10.2. The average Bonchev–Trinajstić information content (AvgIpc) is 3.08.